The maximum atomic E-state index is 12.5. The number of hydrogen-bond donors (Lipinski definition) is 4. The monoisotopic (exact) mass is 434 g/mol. The van der Waals surface area contributed by atoms with Crippen molar-refractivity contribution in [3.05, 3.63) is 76.5 Å². The van der Waals surface area contributed by atoms with Gasteiger partial charge in [-0.1, -0.05) is 12.1 Å². The van der Waals surface area contributed by atoms with Crippen molar-refractivity contribution >= 4 is 47.2 Å². The number of aromatic hydroxyl groups is 1. The van der Waals surface area contributed by atoms with Crippen molar-refractivity contribution in [1.29, 1.82) is 0 Å². The normalized spacial score (nSPS) is 11.3. The van der Waals surface area contributed by atoms with Gasteiger partial charge in [0.05, 0.1) is 12.5 Å². The van der Waals surface area contributed by atoms with Gasteiger partial charge in [0.1, 0.15) is 5.75 Å². The second kappa shape index (κ2) is 10.3. The molecule has 0 aliphatic rings. The van der Waals surface area contributed by atoms with Gasteiger partial charge in [0.25, 0.3) is 5.56 Å². The van der Waals surface area contributed by atoms with Gasteiger partial charge in [-0.05, 0) is 36.8 Å². The van der Waals surface area contributed by atoms with Crippen molar-refractivity contribution in [2.24, 2.45) is 7.05 Å². The number of urea groups is 1. The molecule has 1 atom stereocenters. The number of benzene rings is 1. The number of carboxylic acid groups (broad SMARTS) is 1. The minimum atomic E-state index is -1.10. The third kappa shape index (κ3) is 5.78. The van der Waals surface area contributed by atoms with Gasteiger partial charge in [-0.15, -0.1) is 0 Å². The number of nitrogens with zero attached hydrogens (tertiary/aromatic N) is 2. The van der Waals surface area contributed by atoms with E-state index in [0.717, 1.165) is 5.69 Å². The van der Waals surface area contributed by atoms with Gasteiger partial charge < -0.3 is 30.0 Å². The number of aryl methyl sites for hydroxylation is 2. The number of carbonyl (C=O) groups is 2. The first-order valence-corrected chi connectivity index (χ1v) is 9.18. The number of rotatable bonds is 6. The van der Waals surface area contributed by atoms with E-state index in [1.807, 2.05) is 35.2 Å². The summed E-state index contributed by atoms with van der Waals surface area (Å²) >= 11 is 0. The van der Waals surface area contributed by atoms with E-state index >= 15 is 0 Å². The summed E-state index contributed by atoms with van der Waals surface area (Å²) in [6.07, 6.45) is 4.78. The van der Waals surface area contributed by atoms with Crippen LogP contribution in [0.15, 0.2) is 59.8 Å². The average Bonchev–Trinajstić information content (AvgIpc) is 3.24. The van der Waals surface area contributed by atoms with Gasteiger partial charge in [-0.25, -0.2) is 4.79 Å². The summed E-state index contributed by atoms with van der Waals surface area (Å²) in [4.78, 5) is 36.2. The molecule has 2 aromatic heterocycles. The van der Waals surface area contributed by atoms with Crippen molar-refractivity contribution in [3.63, 3.8) is 0 Å². The van der Waals surface area contributed by atoms with Crippen LogP contribution in [-0.4, -0.2) is 60.9 Å². The summed E-state index contributed by atoms with van der Waals surface area (Å²) in [6, 6.07) is 9.18. The Morgan fingerprint density at radius 3 is 2.48 bits per heavy atom. The second-order valence-corrected chi connectivity index (χ2v) is 6.89. The van der Waals surface area contributed by atoms with Crippen molar-refractivity contribution in [2.75, 3.05) is 5.32 Å². The number of carboxylic acids is 1. The Morgan fingerprint density at radius 2 is 1.84 bits per heavy atom. The van der Waals surface area contributed by atoms with Crippen molar-refractivity contribution < 1.29 is 19.8 Å². The topological polar surface area (TPSA) is 126 Å². The van der Waals surface area contributed by atoms with Crippen molar-refractivity contribution in [2.45, 2.75) is 19.4 Å². The molecule has 0 radical (unpaired) electrons. The summed E-state index contributed by atoms with van der Waals surface area (Å²) in [5.41, 5.74) is 0.942. The Kier molecular flexibility index (Phi) is 8.09. The molecule has 0 spiro atoms. The molecule has 2 amide bonds. The molecule has 1 aromatic carbocycles. The number of aliphatic carboxylic acids is 1. The number of aromatic nitrogens is 2. The number of anilines is 1. The standard InChI is InChI=1S/C21H22N4O5.Na.H/c1-13-12-24(2)20(29)18(19(13)28)23-21(30)22-16(11-17(26)27)14-6-5-7-15(10-14)25-8-3-4-9-25;;/h3-10,12,16,28H,11H2,1-2H3,(H,26,27)(H2,22,23,30);;. The van der Waals surface area contributed by atoms with Gasteiger partial charge in [0, 0.05) is 36.9 Å². The number of pyridine rings is 1. The first-order chi connectivity index (χ1) is 14.3. The van der Waals surface area contributed by atoms with Crippen LogP contribution < -0.4 is 16.2 Å². The second-order valence-electron chi connectivity index (χ2n) is 6.89. The van der Waals surface area contributed by atoms with Crippen LogP contribution in [0, 0.1) is 6.92 Å². The zero-order valence-corrected chi connectivity index (χ0v) is 16.5. The molecule has 0 fully saturated rings. The van der Waals surface area contributed by atoms with E-state index in [2.05, 4.69) is 10.6 Å². The Morgan fingerprint density at radius 1 is 1.16 bits per heavy atom. The molecule has 3 rings (SSSR count). The Hall–Kier alpha value is -3.01. The molecule has 0 aliphatic heterocycles. The van der Waals surface area contributed by atoms with Crippen LogP contribution in [0.1, 0.15) is 23.6 Å². The predicted octanol–water partition coefficient (Wildman–Crippen LogP) is 1.88. The summed E-state index contributed by atoms with van der Waals surface area (Å²) in [7, 11) is 1.50. The first-order valence-electron chi connectivity index (χ1n) is 9.18. The molecule has 10 heteroatoms. The number of hydrogen-bond acceptors (Lipinski definition) is 4. The van der Waals surface area contributed by atoms with E-state index in [4.69, 9.17) is 0 Å². The maximum absolute atomic E-state index is 12.5. The molecule has 158 valence electrons. The van der Waals surface area contributed by atoms with E-state index in [1.165, 1.54) is 17.8 Å². The summed E-state index contributed by atoms with van der Waals surface area (Å²) in [5, 5.41) is 24.4. The zero-order valence-electron chi connectivity index (χ0n) is 16.5. The van der Waals surface area contributed by atoms with Crippen molar-refractivity contribution in [3.8, 4) is 11.4 Å². The summed E-state index contributed by atoms with van der Waals surface area (Å²) in [5.74, 6) is -1.43. The molecule has 2 heterocycles. The third-order valence-electron chi connectivity index (χ3n) is 4.63. The van der Waals surface area contributed by atoms with Crippen LogP contribution in [0.4, 0.5) is 10.5 Å². The van der Waals surface area contributed by atoms with Gasteiger partial charge in [-0.3, -0.25) is 9.59 Å². The number of carbonyl (C=O) groups excluding carboxylic acids is 1. The first kappa shape index (κ1) is 24.3. The molecule has 0 saturated carbocycles. The molecule has 0 saturated heterocycles. The van der Waals surface area contributed by atoms with Gasteiger partial charge in [0.2, 0.25) is 0 Å². The van der Waals surface area contributed by atoms with Crippen LogP contribution in [-0.2, 0) is 11.8 Å². The number of nitrogens with one attached hydrogen (secondary N) is 2. The van der Waals surface area contributed by atoms with Gasteiger partial charge in [0.15, 0.2) is 5.69 Å². The Bertz CT molecular complexity index is 1140. The fourth-order valence-corrected chi connectivity index (χ4v) is 3.14. The van der Waals surface area contributed by atoms with E-state index in [0.29, 0.717) is 11.1 Å². The molecule has 0 bridgehead atoms. The zero-order chi connectivity index (χ0) is 21.8. The fourth-order valence-electron chi connectivity index (χ4n) is 3.14. The Labute approximate surface area is 200 Å². The van der Waals surface area contributed by atoms with Crippen LogP contribution >= 0.6 is 0 Å². The molecule has 3 aromatic rings. The summed E-state index contributed by atoms with van der Waals surface area (Å²) < 4.78 is 3.09. The number of amides is 2. The molecular formula is C21H23N4NaO5. The van der Waals surface area contributed by atoms with Crippen LogP contribution in [0.2, 0.25) is 0 Å². The third-order valence-corrected chi connectivity index (χ3v) is 4.63. The van der Waals surface area contributed by atoms with E-state index < -0.39 is 23.6 Å². The quantitative estimate of drug-likeness (QED) is 0.441. The molecule has 31 heavy (non-hydrogen) atoms. The minimum absolute atomic E-state index is 0. The predicted molar refractivity (Wildman–Crippen MR) is 118 cm³/mol. The summed E-state index contributed by atoms with van der Waals surface area (Å²) in [6.45, 7) is 1.60. The van der Waals surface area contributed by atoms with Crippen LogP contribution in [0.5, 0.6) is 5.75 Å². The van der Waals surface area contributed by atoms with Gasteiger partial charge >= 0.3 is 41.6 Å². The van der Waals surface area contributed by atoms with E-state index in [-0.39, 0.29) is 47.4 Å². The molecule has 4 N–H and O–H groups in total. The van der Waals surface area contributed by atoms with E-state index in [1.54, 1.807) is 25.1 Å². The van der Waals surface area contributed by atoms with Gasteiger partial charge in [-0.2, -0.15) is 0 Å². The molecular weight excluding hydrogens is 411 g/mol. The van der Waals surface area contributed by atoms with Crippen LogP contribution in [0.3, 0.4) is 0 Å². The molecule has 0 aliphatic carbocycles. The van der Waals surface area contributed by atoms with Crippen molar-refractivity contribution in [1.82, 2.24) is 14.5 Å². The Balaban J connectivity index is 0.00000341. The fraction of sp³-hybridized carbons (Fsp3) is 0.190. The average molecular weight is 434 g/mol. The SMILES string of the molecule is Cc1cn(C)c(=O)c(NC(=O)NC(CC(=O)O)c2cccc(-n3cccc3)c2)c1O.[NaH]. The van der Waals surface area contributed by atoms with E-state index in [9.17, 15) is 24.6 Å². The molecule has 9 nitrogen and oxygen atoms in total. The molecule has 1 unspecified atom stereocenters. The van der Waals surface area contributed by atoms with Crippen LogP contribution in [0.25, 0.3) is 5.69 Å².